The average Bonchev–Trinajstić information content (AvgIpc) is 2.28. The second-order valence-electron chi connectivity index (χ2n) is 4.64. The number of hydrogen-bond acceptors (Lipinski definition) is 5. The van der Waals surface area contributed by atoms with Gasteiger partial charge < -0.3 is 10.6 Å². The molecule has 1 aliphatic heterocycles. The number of aromatic nitrogens is 2. The molecule has 4 nitrogen and oxygen atoms in total. The number of thioether (sulfide) groups is 1. The fourth-order valence-electron chi connectivity index (χ4n) is 1.83. The fourth-order valence-corrected chi connectivity index (χ4v) is 3.05. The molecule has 0 bridgehead atoms. The summed E-state index contributed by atoms with van der Waals surface area (Å²) in [5, 5.41) is 0. The van der Waals surface area contributed by atoms with Crippen LogP contribution in [0.1, 0.15) is 19.5 Å². The number of nitrogens with zero attached hydrogens (tertiary/aromatic N) is 3. The molecule has 0 atom stereocenters. The molecule has 1 saturated heterocycles. The van der Waals surface area contributed by atoms with Gasteiger partial charge in [-0.25, -0.2) is 9.97 Å². The number of hydrogen-bond donors (Lipinski definition) is 1. The first-order chi connectivity index (χ1) is 7.98. The van der Waals surface area contributed by atoms with Crippen LogP contribution in [-0.2, 0) is 0 Å². The Morgan fingerprint density at radius 1 is 1.59 bits per heavy atom. The first-order valence-electron chi connectivity index (χ1n) is 5.50. The molecule has 92 valence electrons. The smallest absolute Gasteiger partial charge is 0.226 e. The van der Waals surface area contributed by atoms with Gasteiger partial charge >= 0.3 is 0 Å². The van der Waals surface area contributed by atoms with Gasteiger partial charge in [0.05, 0.1) is 0 Å². The standard InChI is InChI=1S/C11H16N4S2/c1-11(2)7-15(5-6-17-11)10-13-4-3-8(14-10)9(12)16/h3-4H,5-7H2,1-2H3,(H2,12,16). The second kappa shape index (κ2) is 4.78. The molecule has 0 amide bonds. The Morgan fingerprint density at radius 2 is 2.35 bits per heavy atom. The van der Waals surface area contributed by atoms with Gasteiger partial charge in [0.25, 0.3) is 0 Å². The van der Waals surface area contributed by atoms with Crippen molar-refractivity contribution in [1.82, 2.24) is 9.97 Å². The molecule has 2 heterocycles. The predicted octanol–water partition coefficient (Wildman–Crippen LogP) is 1.44. The van der Waals surface area contributed by atoms with E-state index in [-0.39, 0.29) is 4.75 Å². The van der Waals surface area contributed by atoms with Crippen LogP contribution >= 0.6 is 24.0 Å². The molecule has 0 saturated carbocycles. The quantitative estimate of drug-likeness (QED) is 0.819. The molecule has 1 aromatic rings. The van der Waals surface area contributed by atoms with Crippen LogP contribution in [0.15, 0.2) is 12.3 Å². The van der Waals surface area contributed by atoms with Gasteiger partial charge in [0.2, 0.25) is 5.95 Å². The molecular weight excluding hydrogens is 252 g/mol. The van der Waals surface area contributed by atoms with Crippen LogP contribution in [0.4, 0.5) is 5.95 Å². The molecule has 0 radical (unpaired) electrons. The third-order valence-electron chi connectivity index (χ3n) is 2.60. The van der Waals surface area contributed by atoms with Gasteiger partial charge in [0, 0.05) is 29.8 Å². The molecule has 0 spiro atoms. The summed E-state index contributed by atoms with van der Waals surface area (Å²) < 4.78 is 0.237. The van der Waals surface area contributed by atoms with E-state index in [0.717, 1.165) is 24.8 Å². The minimum absolute atomic E-state index is 0.237. The molecule has 6 heteroatoms. The maximum atomic E-state index is 5.58. The van der Waals surface area contributed by atoms with E-state index >= 15 is 0 Å². The molecule has 1 fully saturated rings. The maximum Gasteiger partial charge on any atom is 0.226 e. The Hall–Kier alpha value is -0.880. The average molecular weight is 268 g/mol. The van der Waals surface area contributed by atoms with Crippen molar-refractivity contribution < 1.29 is 0 Å². The molecule has 1 aromatic heterocycles. The van der Waals surface area contributed by atoms with Crippen LogP contribution in [-0.4, -0.2) is 38.5 Å². The van der Waals surface area contributed by atoms with E-state index in [4.69, 9.17) is 18.0 Å². The van der Waals surface area contributed by atoms with Gasteiger partial charge in [-0.15, -0.1) is 0 Å². The highest BCUT2D eigenvalue weighted by Gasteiger charge is 2.28. The van der Waals surface area contributed by atoms with Crippen LogP contribution < -0.4 is 10.6 Å². The van der Waals surface area contributed by atoms with E-state index in [9.17, 15) is 0 Å². The van der Waals surface area contributed by atoms with Gasteiger partial charge in [-0.1, -0.05) is 12.2 Å². The highest BCUT2D eigenvalue weighted by atomic mass is 32.2. The molecular formula is C11H16N4S2. The maximum absolute atomic E-state index is 5.58. The minimum atomic E-state index is 0.237. The monoisotopic (exact) mass is 268 g/mol. The van der Waals surface area contributed by atoms with Crippen molar-refractivity contribution in [2.24, 2.45) is 5.73 Å². The lowest BCUT2D eigenvalue weighted by Crippen LogP contribution is -2.44. The SMILES string of the molecule is CC1(C)CN(c2nccc(C(N)=S)n2)CCS1. The summed E-state index contributed by atoms with van der Waals surface area (Å²) in [6.07, 6.45) is 1.71. The second-order valence-corrected chi connectivity index (χ2v) is 6.88. The van der Waals surface area contributed by atoms with Crippen molar-refractivity contribution in [3.63, 3.8) is 0 Å². The van der Waals surface area contributed by atoms with E-state index in [1.165, 1.54) is 0 Å². The zero-order valence-electron chi connectivity index (χ0n) is 10.0. The van der Waals surface area contributed by atoms with Gasteiger partial charge in [-0.3, -0.25) is 0 Å². The van der Waals surface area contributed by atoms with Crippen LogP contribution in [0.5, 0.6) is 0 Å². The van der Waals surface area contributed by atoms with Gasteiger partial charge in [0.1, 0.15) is 10.7 Å². The Bertz CT molecular complexity index is 433. The van der Waals surface area contributed by atoms with Crippen molar-refractivity contribution in [2.45, 2.75) is 18.6 Å². The molecule has 17 heavy (non-hydrogen) atoms. The lowest BCUT2D eigenvalue weighted by molar-refractivity contribution is 0.635. The van der Waals surface area contributed by atoms with Gasteiger partial charge in [0.15, 0.2) is 0 Å². The first kappa shape index (κ1) is 12.6. The number of rotatable bonds is 2. The minimum Gasteiger partial charge on any atom is -0.388 e. The lowest BCUT2D eigenvalue weighted by atomic mass is 10.2. The summed E-state index contributed by atoms with van der Waals surface area (Å²) >= 11 is 6.91. The number of nitrogens with two attached hydrogens (primary N) is 1. The Labute approximate surface area is 111 Å². The Morgan fingerprint density at radius 3 is 3.00 bits per heavy atom. The van der Waals surface area contributed by atoms with Gasteiger partial charge in [-0.2, -0.15) is 11.8 Å². The summed E-state index contributed by atoms with van der Waals surface area (Å²) in [6.45, 7) is 6.38. The zero-order chi connectivity index (χ0) is 12.5. The third-order valence-corrected chi connectivity index (χ3v) is 4.11. The van der Waals surface area contributed by atoms with Crippen LogP contribution in [0.2, 0.25) is 0 Å². The molecule has 2 rings (SSSR count). The van der Waals surface area contributed by atoms with E-state index in [2.05, 4.69) is 28.7 Å². The summed E-state index contributed by atoms with van der Waals surface area (Å²) in [5.74, 6) is 1.82. The molecule has 0 aliphatic carbocycles. The summed E-state index contributed by atoms with van der Waals surface area (Å²) in [7, 11) is 0. The van der Waals surface area contributed by atoms with Crippen LogP contribution in [0.25, 0.3) is 0 Å². The molecule has 1 aliphatic rings. The molecule has 0 unspecified atom stereocenters. The van der Waals surface area contributed by atoms with E-state index in [0.29, 0.717) is 10.7 Å². The summed E-state index contributed by atoms with van der Waals surface area (Å²) in [5.41, 5.74) is 6.22. The van der Waals surface area contributed by atoms with Crippen molar-refractivity contribution in [2.75, 3.05) is 23.7 Å². The van der Waals surface area contributed by atoms with Crippen LogP contribution in [0, 0.1) is 0 Å². The highest BCUT2D eigenvalue weighted by molar-refractivity contribution is 8.00. The summed E-state index contributed by atoms with van der Waals surface area (Å²) in [6, 6.07) is 1.75. The highest BCUT2D eigenvalue weighted by Crippen LogP contribution is 2.30. The topological polar surface area (TPSA) is 55.0 Å². The molecule has 0 aromatic carbocycles. The zero-order valence-corrected chi connectivity index (χ0v) is 11.6. The number of anilines is 1. The van der Waals surface area contributed by atoms with Crippen molar-refractivity contribution in [3.05, 3.63) is 18.0 Å². The van der Waals surface area contributed by atoms with Crippen LogP contribution in [0.3, 0.4) is 0 Å². The van der Waals surface area contributed by atoms with E-state index < -0.39 is 0 Å². The number of thiocarbonyl (C=S) groups is 1. The Balaban J connectivity index is 2.22. The van der Waals surface area contributed by atoms with Gasteiger partial charge in [-0.05, 0) is 19.9 Å². The van der Waals surface area contributed by atoms with Crippen molar-refractivity contribution >= 4 is 34.9 Å². The largest absolute Gasteiger partial charge is 0.388 e. The van der Waals surface area contributed by atoms with Crippen molar-refractivity contribution in [1.29, 1.82) is 0 Å². The fraction of sp³-hybridized carbons (Fsp3) is 0.545. The predicted molar refractivity (Wildman–Crippen MR) is 76.7 cm³/mol. The van der Waals surface area contributed by atoms with Crippen molar-refractivity contribution in [3.8, 4) is 0 Å². The first-order valence-corrected chi connectivity index (χ1v) is 6.89. The Kier molecular flexibility index (Phi) is 3.53. The lowest BCUT2D eigenvalue weighted by Gasteiger charge is -2.37. The molecule has 2 N–H and O–H groups in total. The normalized spacial score (nSPS) is 19.1. The van der Waals surface area contributed by atoms with E-state index in [1.807, 2.05) is 11.8 Å². The summed E-state index contributed by atoms with van der Waals surface area (Å²) in [4.78, 5) is 11.2. The third kappa shape index (κ3) is 3.07. The van der Waals surface area contributed by atoms with E-state index in [1.54, 1.807) is 12.3 Å².